The van der Waals surface area contributed by atoms with Crippen LogP contribution in [0.1, 0.15) is 33.1 Å². The van der Waals surface area contributed by atoms with Crippen LogP contribution in [0.25, 0.3) is 0 Å². The first-order chi connectivity index (χ1) is 13.7. The molecule has 0 aromatic carbocycles. The summed E-state index contributed by atoms with van der Waals surface area (Å²) in [5, 5.41) is 3.87. The summed E-state index contributed by atoms with van der Waals surface area (Å²) in [6, 6.07) is -2.01. The van der Waals surface area contributed by atoms with Gasteiger partial charge in [-0.3, -0.25) is 19.2 Å². The standard InChI is InChI=1S/C17H26N2O8S2/c1-5-12(20)18-10(16(24)26-3)8-28-14(22)7-15(23)29-9-11(17(25)27-4)19-13(21)6-2/h10-11H,5-9H2,1-4H3,(H,18,20)(H,19,21)/t10-,11-/m0/s1. The maximum absolute atomic E-state index is 12.0. The number of hydrogen-bond acceptors (Lipinski definition) is 10. The number of esters is 2. The molecule has 29 heavy (non-hydrogen) atoms. The zero-order valence-electron chi connectivity index (χ0n) is 16.8. The average Bonchev–Trinajstić information content (AvgIpc) is 2.72. The van der Waals surface area contributed by atoms with Crippen LogP contribution in [-0.2, 0) is 38.2 Å². The third kappa shape index (κ3) is 11.5. The van der Waals surface area contributed by atoms with Crippen LogP contribution in [-0.4, -0.2) is 71.8 Å². The Kier molecular flexibility index (Phi) is 13.8. The molecule has 2 N–H and O–H groups in total. The van der Waals surface area contributed by atoms with Crippen LogP contribution in [0.4, 0.5) is 0 Å². The summed E-state index contributed by atoms with van der Waals surface area (Å²) in [6.45, 7) is 3.23. The predicted molar refractivity (Wildman–Crippen MR) is 108 cm³/mol. The van der Waals surface area contributed by atoms with Crippen molar-refractivity contribution in [3.8, 4) is 0 Å². The molecule has 0 aliphatic carbocycles. The van der Waals surface area contributed by atoms with Gasteiger partial charge in [-0.2, -0.15) is 0 Å². The Hall–Kier alpha value is -2.08. The van der Waals surface area contributed by atoms with Gasteiger partial charge in [-0.05, 0) is 0 Å². The third-order valence-corrected chi connectivity index (χ3v) is 5.33. The minimum absolute atomic E-state index is 0.0768. The lowest BCUT2D eigenvalue weighted by molar-refractivity contribution is -0.144. The number of hydrogen-bond donors (Lipinski definition) is 2. The van der Waals surface area contributed by atoms with E-state index in [9.17, 15) is 28.8 Å². The highest BCUT2D eigenvalue weighted by atomic mass is 32.2. The van der Waals surface area contributed by atoms with E-state index >= 15 is 0 Å². The molecule has 0 rings (SSSR count). The lowest BCUT2D eigenvalue weighted by Crippen LogP contribution is -2.43. The highest BCUT2D eigenvalue weighted by molar-refractivity contribution is 8.15. The summed E-state index contributed by atoms with van der Waals surface area (Å²) in [5.41, 5.74) is 0. The Bertz CT molecular complexity index is 575. The summed E-state index contributed by atoms with van der Waals surface area (Å²) in [4.78, 5) is 70.2. The van der Waals surface area contributed by atoms with Crippen LogP contribution in [0.15, 0.2) is 0 Å². The van der Waals surface area contributed by atoms with Crippen molar-refractivity contribution in [3.05, 3.63) is 0 Å². The second-order valence-electron chi connectivity index (χ2n) is 5.54. The van der Waals surface area contributed by atoms with E-state index in [1.54, 1.807) is 13.8 Å². The van der Waals surface area contributed by atoms with Gasteiger partial charge in [0.2, 0.25) is 11.8 Å². The first-order valence-electron chi connectivity index (χ1n) is 8.73. The van der Waals surface area contributed by atoms with Crippen molar-refractivity contribution in [2.45, 2.75) is 45.2 Å². The van der Waals surface area contributed by atoms with Gasteiger partial charge in [0.15, 0.2) is 10.2 Å². The van der Waals surface area contributed by atoms with E-state index in [4.69, 9.17) is 0 Å². The van der Waals surface area contributed by atoms with Gasteiger partial charge in [0.1, 0.15) is 12.1 Å². The van der Waals surface area contributed by atoms with Crippen LogP contribution in [0.5, 0.6) is 0 Å². The van der Waals surface area contributed by atoms with Gasteiger partial charge in [0.05, 0.1) is 20.6 Å². The first-order valence-corrected chi connectivity index (χ1v) is 10.7. The van der Waals surface area contributed by atoms with Crippen molar-refractivity contribution >= 4 is 57.5 Å². The largest absolute Gasteiger partial charge is 0.467 e. The van der Waals surface area contributed by atoms with E-state index in [1.165, 1.54) is 0 Å². The number of amides is 2. The second kappa shape index (κ2) is 14.9. The fraction of sp³-hybridized carbons (Fsp3) is 0.647. The molecule has 0 aromatic heterocycles. The average molecular weight is 451 g/mol. The van der Waals surface area contributed by atoms with Crippen LogP contribution in [0.3, 0.4) is 0 Å². The van der Waals surface area contributed by atoms with Crippen molar-refractivity contribution in [1.29, 1.82) is 0 Å². The van der Waals surface area contributed by atoms with Gasteiger partial charge in [-0.25, -0.2) is 9.59 Å². The number of ether oxygens (including phenoxy) is 2. The molecule has 0 fully saturated rings. The van der Waals surface area contributed by atoms with E-state index in [-0.39, 0.29) is 36.2 Å². The number of rotatable bonds is 12. The second-order valence-corrected chi connectivity index (χ2v) is 7.69. The molecule has 0 radical (unpaired) electrons. The molecule has 0 aliphatic heterocycles. The summed E-state index contributed by atoms with van der Waals surface area (Å²) in [6.07, 6.45) is -0.116. The topological polar surface area (TPSA) is 145 Å². The van der Waals surface area contributed by atoms with Gasteiger partial charge in [0.25, 0.3) is 0 Å². The van der Waals surface area contributed by atoms with Gasteiger partial charge in [-0.1, -0.05) is 37.4 Å². The zero-order valence-corrected chi connectivity index (χ0v) is 18.4. The van der Waals surface area contributed by atoms with Crippen molar-refractivity contribution in [3.63, 3.8) is 0 Å². The number of nitrogens with one attached hydrogen (secondary N) is 2. The zero-order chi connectivity index (χ0) is 22.4. The molecule has 0 spiro atoms. The molecule has 0 aliphatic rings. The van der Waals surface area contributed by atoms with Gasteiger partial charge in [0, 0.05) is 24.3 Å². The van der Waals surface area contributed by atoms with E-state index in [0.29, 0.717) is 0 Å². The minimum Gasteiger partial charge on any atom is -0.467 e. The molecule has 12 heteroatoms. The third-order valence-electron chi connectivity index (χ3n) is 3.39. The fourth-order valence-corrected chi connectivity index (χ4v) is 3.49. The van der Waals surface area contributed by atoms with E-state index in [0.717, 1.165) is 37.7 Å². The molecule has 10 nitrogen and oxygen atoms in total. The maximum atomic E-state index is 12.0. The van der Waals surface area contributed by atoms with Crippen LogP contribution >= 0.6 is 23.5 Å². The molecule has 0 unspecified atom stereocenters. The van der Waals surface area contributed by atoms with E-state index in [2.05, 4.69) is 20.1 Å². The van der Waals surface area contributed by atoms with Crippen LogP contribution < -0.4 is 10.6 Å². The molecule has 0 bridgehead atoms. The minimum atomic E-state index is -1.00. The van der Waals surface area contributed by atoms with Crippen LogP contribution in [0.2, 0.25) is 0 Å². The number of methoxy groups -OCH3 is 2. The highest BCUT2D eigenvalue weighted by Gasteiger charge is 2.25. The van der Waals surface area contributed by atoms with Gasteiger partial charge < -0.3 is 20.1 Å². The van der Waals surface area contributed by atoms with Gasteiger partial charge in [-0.15, -0.1) is 0 Å². The van der Waals surface area contributed by atoms with Crippen molar-refractivity contribution in [2.24, 2.45) is 0 Å². The Morgan fingerprint density at radius 2 is 1.07 bits per heavy atom. The van der Waals surface area contributed by atoms with E-state index in [1.807, 2.05) is 0 Å². The number of thioether (sulfide) groups is 2. The lowest BCUT2D eigenvalue weighted by Gasteiger charge is -2.16. The molecule has 164 valence electrons. The summed E-state index contributed by atoms with van der Waals surface area (Å²) in [7, 11) is 2.32. The SMILES string of the molecule is CCC(=O)N[C@@H](CSC(=O)CC(=O)SC[C@H](NC(=O)CC)C(=O)OC)C(=O)OC. The molecule has 0 saturated carbocycles. The summed E-state index contributed by atoms with van der Waals surface area (Å²) in [5.74, 6) is -2.29. The predicted octanol–water partition coefficient (Wildman–Crippen LogP) is 0.0317. The Balaban J connectivity index is 4.58. The molecule has 0 saturated heterocycles. The maximum Gasteiger partial charge on any atom is 0.329 e. The smallest absolute Gasteiger partial charge is 0.329 e. The van der Waals surface area contributed by atoms with Crippen molar-refractivity contribution in [1.82, 2.24) is 10.6 Å². The molecule has 2 atom stereocenters. The van der Waals surface area contributed by atoms with Crippen LogP contribution in [0, 0.1) is 0 Å². The fourth-order valence-electron chi connectivity index (χ4n) is 1.79. The quantitative estimate of drug-likeness (QED) is 0.308. The normalized spacial score (nSPS) is 12.3. The summed E-state index contributed by atoms with van der Waals surface area (Å²) < 4.78 is 9.16. The van der Waals surface area contributed by atoms with Gasteiger partial charge >= 0.3 is 11.9 Å². The lowest BCUT2D eigenvalue weighted by atomic mass is 10.3. The molecule has 0 aromatic rings. The number of carbonyl (C=O) groups is 6. The molecule has 0 heterocycles. The highest BCUT2D eigenvalue weighted by Crippen LogP contribution is 2.15. The summed E-state index contributed by atoms with van der Waals surface area (Å²) >= 11 is 1.44. The number of carbonyl (C=O) groups excluding carboxylic acids is 6. The van der Waals surface area contributed by atoms with Crippen molar-refractivity contribution < 1.29 is 38.2 Å². The Morgan fingerprint density at radius 1 is 0.724 bits per heavy atom. The van der Waals surface area contributed by atoms with Crippen molar-refractivity contribution in [2.75, 3.05) is 25.7 Å². The Morgan fingerprint density at radius 3 is 1.34 bits per heavy atom. The molecular weight excluding hydrogens is 424 g/mol. The molecular formula is C17H26N2O8S2. The van der Waals surface area contributed by atoms with E-state index < -0.39 is 40.7 Å². The Labute approximate surface area is 177 Å². The first kappa shape index (κ1) is 26.9. The monoisotopic (exact) mass is 450 g/mol. The molecule has 2 amide bonds.